The zero-order chi connectivity index (χ0) is 18.9. The molecule has 26 heavy (non-hydrogen) atoms. The molecule has 1 atom stereocenters. The molecule has 1 heterocycles. The summed E-state index contributed by atoms with van der Waals surface area (Å²) in [5.41, 5.74) is 0. The second-order valence-electron chi connectivity index (χ2n) is 8.29. The molecule has 0 amide bonds. The maximum atomic E-state index is 2.64. The summed E-state index contributed by atoms with van der Waals surface area (Å²) in [6, 6.07) is 0. The van der Waals surface area contributed by atoms with Crippen molar-refractivity contribution in [1.29, 1.82) is 0 Å². The number of rotatable bonds is 18. The van der Waals surface area contributed by atoms with Gasteiger partial charge >= 0.3 is 0 Å². The highest BCUT2D eigenvalue weighted by molar-refractivity contribution is 4.96. The average Bonchev–Trinajstić information content (AvgIpc) is 3.03. The molecule has 1 aliphatic rings. The Morgan fingerprint density at radius 2 is 0.885 bits per heavy atom. The Morgan fingerprint density at radius 1 is 0.500 bits per heavy atom. The van der Waals surface area contributed by atoms with Crippen molar-refractivity contribution < 1.29 is 0 Å². The van der Waals surface area contributed by atoms with Crippen LogP contribution in [-0.2, 0) is 0 Å². The van der Waals surface area contributed by atoms with Gasteiger partial charge in [-0.1, -0.05) is 97.8 Å². The standard InChI is InChI=1S/C24H48N2/c1-4-7-10-12-13-14-16-18-21-26-23-22-25(24(26)19-9-6-3)20-17-15-11-8-5-2/h22-24H,4-21H2,1-3H3. The molecule has 0 aromatic carbocycles. The van der Waals surface area contributed by atoms with Gasteiger partial charge in [-0.05, 0) is 25.7 Å². The van der Waals surface area contributed by atoms with Gasteiger partial charge in [-0.25, -0.2) is 0 Å². The Balaban J connectivity index is 2.20. The smallest absolute Gasteiger partial charge is 0.101 e. The van der Waals surface area contributed by atoms with Gasteiger partial charge in [-0.3, -0.25) is 0 Å². The Labute approximate surface area is 165 Å². The molecule has 0 aromatic heterocycles. The van der Waals surface area contributed by atoms with Gasteiger partial charge in [0.25, 0.3) is 0 Å². The fraction of sp³-hybridized carbons (Fsp3) is 0.917. The molecule has 0 saturated carbocycles. The molecule has 0 aliphatic carbocycles. The minimum Gasteiger partial charge on any atom is -0.356 e. The Bertz CT molecular complexity index is 326. The van der Waals surface area contributed by atoms with E-state index in [1.54, 1.807) is 0 Å². The summed E-state index contributed by atoms with van der Waals surface area (Å²) in [5.74, 6) is 0. The van der Waals surface area contributed by atoms with Crippen LogP contribution in [0.15, 0.2) is 12.4 Å². The monoisotopic (exact) mass is 364 g/mol. The summed E-state index contributed by atoms with van der Waals surface area (Å²) in [7, 11) is 0. The summed E-state index contributed by atoms with van der Waals surface area (Å²) < 4.78 is 0. The van der Waals surface area contributed by atoms with E-state index < -0.39 is 0 Å². The molecule has 0 aromatic rings. The molecule has 1 unspecified atom stereocenters. The summed E-state index contributed by atoms with van der Waals surface area (Å²) in [6.07, 6.45) is 27.6. The lowest BCUT2D eigenvalue weighted by Crippen LogP contribution is -2.39. The summed E-state index contributed by atoms with van der Waals surface area (Å²) >= 11 is 0. The molecule has 0 spiro atoms. The first kappa shape index (κ1) is 23.4. The maximum absolute atomic E-state index is 2.64. The lowest BCUT2D eigenvalue weighted by atomic mass is 10.1. The van der Waals surface area contributed by atoms with Crippen molar-refractivity contribution in [2.75, 3.05) is 13.1 Å². The Hall–Kier alpha value is -0.660. The van der Waals surface area contributed by atoms with Crippen LogP contribution in [0.3, 0.4) is 0 Å². The first-order valence-electron chi connectivity index (χ1n) is 12.0. The van der Waals surface area contributed by atoms with Crippen molar-refractivity contribution in [3.8, 4) is 0 Å². The average molecular weight is 365 g/mol. The van der Waals surface area contributed by atoms with Gasteiger partial charge in [0.05, 0.1) is 0 Å². The van der Waals surface area contributed by atoms with Crippen molar-refractivity contribution >= 4 is 0 Å². The summed E-state index contributed by atoms with van der Waals surface area (Å²) in [5, 5.41) is 0. The molecular weight excluding hydrogens is 316 g/mol. The highest BCUT2D eigenvalue weighted by Gasteiger charge is 2.24. The molecular formula is C24H48N2. The second-order valence-corrected chi connectivity index (χ2v) is 8.29. The van der Waals surface area contributed by atoms with E-state index in [0.29, 0.717) is 6.17 Å². The van der Waals surface area contributed by atoms with Gasteiger partial charge in [0.1, 0.15) is 6.17 Å². The Kier molecular flexibility index (Phi) is 14.8. The van der Waals surface area contributed by atoms with Crippen molar-refractivity contribution in [1.82, 2.24) is 9.80 Å². The van der Waals surface area contributed by atoms with E-state index in [2.05, 4.69) is 43.0 Å². The lowest BCUT2D eigenvalue weighted by Gasteiger charge is -2.33. The van der Waals surface area contributed by atoms with E-state index in [1.807, 2.05) is 0 Å². The molecule has 0 bridgehead atoms. The minimum atomic E-state index is 0.644. The zero-order valence-corrected chi connectivity index (χ0v) is 18.4. The number of hydrogen-bond donors (Lipinski definition) is 0. The largest absolute Gasteiger partial charge is 0.356 e. The fourth-order valence-electron chi connectivity index (χ4n) is 4.05. The van der Waals surface area contributed by atoms with Crippen LogP contribution in [0.25, 0.3) is 0 Å². The predicted octanol–water partition coefficient (Wildman–Crippen LogP) is 7.70. The highest BCUT2D eigenvalue weighted by Crippen LogP contribution is 2.23. The third-order valence-electron chi connectivity index (χ3n) is 5.82. The molecule has 1 rings (SSSR count). The van der Waals surface area contributed by atoms with Crippen molar-refractivity contribution in [3.05, 3.63) is 12.4 Å². The number of hydrogen-bond acceptors (Lipinski definition) is 2. The molecule has 0 N–H and O–H groups in total. The topological polar surface area (TPSA) is 6.48 Å². The maximum Gasteiger partial charge on any atom is 0.101 e. The number of nitrogens with zero attached hydrogens (tertiary/aromatic N) is 2. The van der Waals surface area contributed by atoms with Crippen LogP contribution in [0.2, 0.25) is 0 Å². The first-order chi connectivity index (χ1) is 12.8. The Morgan fingerprint density at radius 3 is 1.31 bits per heavy atom. The van der Waals surface area contributed by atoms with E-state index in [4.69, 9.17) is 0 Å². The predicted molar refractivity (Wildman–Crippen MR) is 117 cm³/mol. The van der Waals surface area contributed by atoms with Gasteiger partial charge in [-0.2, -0.15) is 0 Å². The van der Waals surface area contributed by atoms with Crippen LogP contribution in [0.1, 0.15) is 124 Å². The SMILES string of the molecule is CCCCCCCCCCN1C=CN(CCCCCCC)C1CCCC. The van der Waals surface area contributed by atoms with E-state index in [9.17, 15) is 0 Å². The van der Waals surface area contributed by atoms with Gasteiger partial charge < -0.3 is 9.80 Å². The van der Waals surface area contributed by atoms with Gasteiger partial charge in [0.15, 0.2) is 0 Å². The molecule has 0 fully saturated rings. The lowest BCUT2D eigenvalue weighted by molar-refractivity contribution is 0.136. The van der Waals surface area contributed by atoms with Gasteiger partial charge in [0.2, 0.25) is 0 Å². The third-order valence-corrected chi connectivity index (χ3v) is 5.82. The van der Waals surface area contributed by atoms with E-state index in [-0.39, 0.29) is 0 Å². The fourth-order valence-corrected chi connectivity index (χ4v) is 4.05. The van der Waals surface area contributed by atoms with Gasteiger partial charge in [-0.15, -0.1) is 0 Å². The molecule has 2 nitrogen and oxygen atoms in total. The van der Waals surface area contributed by atoms with E-state index in [0.717, 1.165) is 0 Å². The quantitative estimate of drug-likeness (QED) is 0.230. The molecule has 1 aliphatic heterocycles. The van der Waals surface area contributed by atoms with Crippen molar-refractivity contribution in [2.45, 2.75) is 130 Å². The minimum absolute atomic E-state index is 0.644. The number of unbranched alkanes of at least 4 members (excludes halogenated alkanes) is 12. The molecule has 154 valence electrons. The van der Waals surface area contributed by atoms with Crippen molar-refractivity contribution in [2.24, 2.45) is 0 Å². The van der Waals surface area contributed by atoms with Crippen LogP contribution in [0.5, 0.6) is 0 Å². The summed E-state index contributed by atoms with van der Waals surface area (Å²) in [4.78, 5) is 5.27. The van der Waals surface area contributed by atoms with Crippen LogP contribution >= 0.6 is 0 Å². The molecule has 2 heteroatoms. The molecule has 0 radical (unpaired) electrons. The van der Waals surface area contributed by atoms with Crippen LogP contribution in [0, 0.1) is 0 Å². The van der Waals surface area contributed by atoms with Crippen LogP contribution < -0.4 is 0 Å². The van der Waals surface area contributed by atoms with Crippen LogP contribution in [-0.4, -0.2) is 29.1 Å². The van der Waals surface area contributed by atoms with E-state index >= 15 is 0 Å². The highest BCUT2D eigenvalue weighted by atomic mass is 15.4. The van der Waals surface area contributed by atoms with Gasteiger partial charge in [0, 0.05) is 25.5 Å². The third kappa shape index (κ3) is 10.5. The van der Waals surface area contributed by atoms with Crippen LogP contribution in [0.4, 0.5) is 0 Å². The first-order valence-corrected chi connectivity index (χ1v) is 12.0. The molecule has 0 saturated heterocycles. The van der Waals surface area contributed by atoms with E-state index in [1.165, 1.54) is 116 Å². The summed E-state index contributed by atoms with van der Waals surface area (Å²) in [6.45, 7) is 9.43. The zero-order valence-electron chi connectivity index (χ0n) is 18.4. The van der Waals surface area contributed by atoms with Crippen molar-refractivity contribution in [3.63, 3.8) is 0 Å². The second kappa shape index (κ2) is 16.5. The normalized spacial score (nSPS) is 16.8.